The fraction of sp³-hybridized carbons (Fsp3) is 0.214. The predicted molar refractivity (Wildman–Crippen MR) is 76.5 cm³/mol. The van der Waals surface area contributed by atoms with E-state index in [0.29, 0.717) is 0 Å². The molecule has 0 saturated heterocycles. The van der Waals surface area contributed by atoms with Gasteiger partial charge in [0.05, 0.1) is 0 Å². The number of benzene rings is 1. The minimum atomic E-state index is 0.159. The van der Waals surface area contributed by atoms with E-state index in [2.05, 4.69) is 29.4 Å². The van der Waals surface area contributed by atoms with Gasteiger partial charge in [0.1, 0.15) is 0 Å². The third-order valence-electron chi connectivity index (χ3n) is 2.25. The predicted octanol–water partition coefficient (Wildman–Crippen LogP) is 3.92. The summed E-state index contributed by atoms with van der Waals surface area (Å²) in [6.07, 6.45) is 0.755. The highest BCUT2D eigenvalue weighted by Crippen LogP contribution is 2.23. The molecule has 3 heteroatoms. The second-order valence-electron chi connectivity index (χ2n) is 3.53. The third-order valence-corrected chi connectivity index (χ3v) is 3.95. The van der Waals surface area contributed by atoms with Gasteiger partial charge in [0.25, 0.3) is 0 Å². The Hall–Kier alpha value is -1.24. The Kier molecular flexibility index (Phi) is 4.24. The topological polar surface area (TPSA) is 17.1 Å². The molecule has 2 rings (SSSR count). The number of thiophene rings is 1. The molecule has 0 bridgehead atoms. The lowest BCUT2D eigenvalue weighted by atomic mass is 10.1. The van der Waals surface area contributed by atoms with Crippen LogP contribution in [0.25, 0.3) is 10.1 Å². The van der Waals surface area contributed by atoms with Crippen molar-refractivity contribution in [3.63, 3.8) is 0 Å². The minimum Gasteiger partial charge on any atom is -0.288 e. The summed E-state index contributed by atoms with van der Waals surface area (Å²) in [5.41, 5.74) is 1.08. The van der Waals surface area contributed by atoms with Gasteiger partial charge in [0.2, 0.25) is 0 Å². The molecule has 1 nitrogen and oxygen atoms in total. The van der Waals surface area contributed by atoms with Crippen LogP contribution in [0.1, 0.15) is 18.9 Å². The van der Waals surface area contributed by atoms with Crippen LogP contribution >= 0.6 is 23.1 Å². The van der Waals surface area contributed by atoms with Crippen LogP contribution in [0.4, 0.5) is 0 Å². The lowest BCUT2D eigenvalue weighted by Gasteiger charge is -1.93. The van der Waals surface area contributed by atoms with Gasteiger partial charge < -0.3 is 0 Å². The maximum absolute atomic E-state index is 10.7. The summed E-state index contributed by atoms with van der Waals surface area (Å²) >= 11 is 3.06. The SMILES string of the molecule is CC(=O)SCCC#Cc1cccc2sccc12. The van der Waals surface area contributed by atoms with Crippen LogP contribution in [-0.2, 0) is 4.79 Å². The van der Waals surface area contributed by atoms with Crippen molar-refractivity contribution in [1.29, 1.82) is 0 Å². The second kappa shape index (κ2) is 5.90. The summed E-state index contributed by atoms with van der Waals surface area (Å²) in [6.45, 7) is 1.59. The molecule has 0 unspecified atom stereocenters. The van der Waals surface area contributed by atoms with Gasteiger partial charge in [-0.05, 0) is 23.6 Å². The molecule has 0 amide bonds. The van der Waals surface area contributed by atoms with Gasteiger partial charge in [-0.15, -0.1) is 11.3 Å². The Bertz CT molecular complexity index is 587. The summed E-state index contributed by atoms with van der Waals surface area (Å²) in [5.74, 6) is 7.08. The molecule has 1 heterocycles. The molecule has 86 valence electrons. The maximum atomic E-state index is 10.7. The number of hydrogen-bond donors (Lipinski definition) is 0. The summed E-state index contributed by atoms with van der Waals surface area (Å²) in [6, 6.07) is 8.29. The Morgan fingerprint density at radius 3 is 3.12 bits per heavy atom. The zero-order chi connectivity index (χ0) is 12.1. The van der Waals surface area contributed by atoms with E-state index in [1.807, 2.05) is 12.1 Å². The second-order valence-corrected chi connectivity index (χ2v) is 5.75. The molecule has 0 atom stereocenters. The van der Waals surface area contributed by atoms with E-state index in [9.17, 15) is 4.79 Å². The van der Waals surface area contributed by atoms with E-state index < -0.39 is 0 Å². The first-order valence-electron chi connectivity index (χ1n) is 5.36. The minimum absolute atomic E-state index is 0.159. The molecule has 0 radical (unpaired) electrons. The van der Waals surface area contributed by atoms with Gasteiger partial charge in [0.15, 0.2) is 5.12 Å². The van der Waals surface area contributed by atoms with Gasteiger partial charge in [0, 0.05) is 34.7 Å². The van der Waals surface area contributed by atoms with Gasteiger partial charge >= 0.3 is 0 Å². The Morgan fingerprint density at radius 2 is 2.29 bits per heavy atom. The Balaban J connectivity index is 2.05. The number of rotatable bonds is 2. The van der Waals surface area contributed by atoms with Crippen molar-refractivity contribution in [2.45, 2.75) is 13.3 Å². The molecule has 0 aliphatic carbocycles. The fourth-order valence-electron chi connectivity index (χ4n) is 1.51. The first-order valence-corrected chi connectivity index (χ1v) is 7.22. The zero-order valence-electron chi connectivity index (χ0n) is 9.53. The van der Waals surface area contributed by atoms with E-state index in [1.54, 1.807) is 18.3 Å². The molecule has 1 aromatic carbocycles. The van der Waals surface area contributed by atoms with E-state index >= 15 is 0 Å². The lowest BCUT2D eigenvalue weighted by Crippen LogP contribution is -1.84. The molecule has 0 fully saturated rings. The summed E-state index contributed by atoms with van der Waals surface area (Å²) in [7, 11) is 0. The van der Waals surface area contributed by atoms with Crippen molar-refractivity contribution < 1.29 is 4.79 Å². The summed E-state index contributed by atoms with van der Waals surface area (Å²) < 4.78 is 1.27. The monoisotopic (exact) mass is 260 g/mol. The van der Waals surface area contributed by atoms with E-state index in [1.165, 1.54) is 21.8 Å². The number of fused-ring (bicyclic) bond motifs is 1. The zero-order valence-corrected chi connectivity index (χ0v) is 11.2. The number of carbonyl (C=O) groups excluding carboxylic acids is 1. The van der Waals surface area contributed by atoms with Crippen LogP contribution in [0, 0.1) is 11.8 Å². The number of hydrogen-bond acceptors (Lipinski definition) is 3. The van der Waals surface area contributed by atoms with Crippen molar-refractivity contribution in [2.75, 3.05) is 5.75 Å². The van der Waals surface area contributed by atoms with Crippen LogP contribution < -0.4 is 0 Å². The molecule has 0 aliphatic rings. The highest BCUT2D eigenvalue weighted by molar-refractivity contribution is 8.13. The Morgan fingerprint density at radius 1 is 1.41 bits per heavy atom. The largest absolute Gasteiger partial charge is 0.288 e. The van der Waals surface area contributed by atoms with Crippen molar-refractivity contribution >= 4 is 38.3 Å². The summed E-state index contributed by atoms with van der Waals surface area (Å²) in [4.78, 5) is 10.7. The van der Waals surface area contributed by atoms with Crippen LogP contribution in [0.2, 0.25) is 0 Å². The van der Waals surface area contributed by atoms with E-state index in [-0.39, 0.29) is 5.12 Å². The van der Waals surface area contributed by atoms with Gasteiger partial charge in [-0.3, -0.25) is 4.79 Å². The van der Waals surface area contributed by atoms with Crippen molar-refractivity contribution in [1.82, 2.24) is 0 Å². The maximum Gasteiger partial charge on any atom is 0.185 e. The first kappa shape index (κ1) is 12.2. The van der Waals surface area contributed by atoms with Crippen molar-refractivity contribution in [2.24, 2.45) is 0 Å². The molecule has 17 heavy (non-hydrogen) atoms. The average molecular weight is 260 g/mol. The van der Waals surface area contributed by atoms with Crippen LogP contribution in [-0.4, -0.2) is 10.9 Å². The van der Waals surface area contributed by atoms with Gasteiger partial charge in [-0.2, -0.15) is 0 Å². The highest BCUT2D eigenvalue weighted by atomic mass is 32.2. The smallest absolute Gasteiger partial charge is 0.185 e. The Labute approximate surface area is 109 Å². The van der Waals surface area contributed by atoms with Gasteiger partial charge in [-0.25, -0.2) is 0 Å². The lowest BCUT2D eigenvalue weighted by molar-refractivity contribution is -0.109. The molecule has 0 saturated carbocycles. The standard InChI is InChI=1S/C14H12OS2/c1-11(15)16-9-3-2-5-12-6-4-7-14-13(12)8-10-17-14/h4,6-8,10H,3,9H2,1H3. The molecular formula is C14H12OS2. The van der Waals surface area contributed by atoms with E-state index in [0.717, 1.165) is 17.7 Å². The third kappa shape index (κ3) is 3.36. The number of carbonyl (C=O) groups is 1. The van der Waals surface area contributed by atoms with Crippen LogP contribution in [0.15, 0.2) is 29.6 Å². The molecule has 2 aromatic rings. The highest BCUT2D eigenvalue weighted by Gasteiger charge is 1.98. The molecule has 1 aromatic heterocycles. The average Bonchev–Trinajstić information content (AvgIpc) is 2.77. The molecular weight excluding hydrogens is 248 g/mol. The van der Waals surface area contributed by atoms with E-state index in [4.69, 9.17) is 0 Å². The molecule has 0 N–H and O–H groups in total. The molecule has 0 aliphatic heterocycles. The number of thioether (sulfide) groups is 1. The van der Waals surface area contributed by atoms with Crippen LogP contribution in [0.3, 0.4) is 0 Å². The van der Waals surface area contributed by atoms with Gasteiger partial charge in [-0.1, -0.05) is 29.7 Å². The van der Waals surface area contributed by atoms with Crippen molar-refractivity contribution in [3.8, 4) is 11.8 Å². The molecule has 0 spiro atoms. The quantitative estimate of drug-likeness (QED) is 0.601. The van der Waals surface area contributed by atoms with Crippen LogP contribution in [0.5, 0.6) is 0 Å². The normalized spacial score (nSPS) is 9.94. The first-order chi connectivity index (χ1) is 8.27. The fourth-order valence-corrected chi connectivity index (χ4v) is 2.81. The van der Waals surface area contributed by atoms with Crippen molar-refractivity contribution in [3.05, 3.63) is 35.2 Å². The summed E-state index contributed by atoms with van der Waals surface area (Å²) in [5, 5.41) is 3.47.